The standard InChI is InChI=1S/C4H4N2.C3H4S2/c1-2-5-4-6-3-1;1-2-4-5-3-1/h1-4H;1-2H,3H2. The smallest absolute Gasteiger partial charge is 0.115 e. The molecule has 4 heteroatoms. The van der Waals surface area contributed by atoms with Gasteiger partial charge in [0.1, 0.15) is 6.33 Å². The summed E-state index contributed by atoms with van der Waals surface area (Å²) in [4.78, 5) is 7.35. The average molecular weight is 184 g/mol. The fourth-order valence-corrected chi connectivity index (χ4v) is 2.02. The minimum Gasteiger partial charge on any atom is -0.245 e. The van der Waals surface area contributed by atoms with Gasteiger partial charge < -0.3 is 0 Å². The predicted octanol–water partition coefficient (Wildman–Crippen LogP) is 2.37. The van der Waals surface area contributed by atoms with Gasteiger partial charge in [-0.05, 0) is 11.5 Å². The Morgan fingerprint density at radius 3 is 2.18 bits per heavy atom. The van der Waals surface area contributed by atoms with Gasteiger partial charge >= 0.3 is 0 Å². The van der Waals surface area contributed by atoms with E-state index in [4.69, 9.17) is 0 Å². The Bertz CT molecular complexity index is 168. The molecule has 0 spiro atoms. The fourth-order valence-electron chi connectivity index (χ4n) is 0.450. The summed E-state index contributed by atoms with van der Waals surface area (Å²) in [5.74, 6) is 1.20. The molecule has 0 saturated carbocycles. The second-order valence-electron chi connectivity index (χ2n) is 1.66. The molecule has 0 amide bonds. The van der Waals surface area contributed by atoms with Crippen molar-refractivity contribution in [2.24, 2.45) is 0 Å². The summed E-state index contributed by atoms with van der Waals surface area (Å²) >= 11 is 0. The Balaban J connectivity index is 0.000000112. The molecular weight excluding hydrogens is 176 g/mol. The van der Waals surface area contributed by atoms with Gasteiger partial charge in [0, 0.05) is 18.1 Å². The van der Waals surface area contributed by atoms with Gasteiger partial charge in [0.15, 0.2) is 0 Å². The van der Waals surface area contributed by atoms with E-state index in [1.807, 2.05) is 21.6 Å². The van der Waals surface area contributed by atoms with Gasteiger partial charge in [0.2, 0.25) is 0 Å². The Morgan fingerprint density at radius 1 is 1.18 bits per heavy atom. The topological polar surface area (TPSA) is 25.8 Å². The number of aromatic nitrogens is 2. The number of hydrogen-bond acceptors (Lipinski definition) is 4. The van der Waals surface area contributed by atoms with Crippen LogP contribution in [0.2, 0.25) is 0 Å². The third kappa shape index (κ3) is 4.86. The second-order valence-corrected chi connectivity index (χ2v) is 3.97. The maximum Gasteiger partial charge on any atom is 0.115 e. The second kappa shape index (κ2) is 6.24. The largest absolute Gasteiger partial charge is 0.245 e. The van der Waals surface area contributed by atoms with Crippen molar-refractivity contribution in [1.82, 2.24) is 9.97 Å². The highest BCUT2D eigenvalue weighted by molar-refractivity contribution is 8.78. The molecule has 0 atom stereocenters. The number of nitrogens with zero attached hydrogens (tertiary/aromatic N) is 2. The summed E-state index contributed by atoms with van der Waals surface area (Å²) in [5, 5.41) is 2.12. The van der Waals surface area contributed by atoms with Crippen molar-refractivity contribution in [2.45, 2.75) is 0 Å². The zero-order valence-electron chi connectivity index (χ0n) is 5.88. The molecule has 0 fully saturated rings. The highest BCUT2D eigenvalue weighted by Gasteiger charge is 1.85. The molecule has 2 rings (SSSR count). The van der Waals surface area contributed by atoms with Gasteiger partial charge in [-0.1, -0.05) is 27.7 Å². The maximum atomic E-state index is 3.67. The summed E-state index contributed by atoms with van der Waals surface area (Å²) in [5.41, 5.74) is 0. The van der Waals surface area contributed by atoms with Gasteiger partial charge in [-0.2, -0.15) is 0 Å². The van der Waals surface area contributed by atoms with Crippen molar-refractivity contribution < 1.29 is 0 Å². The minimum atomic E-state index is 1.20. The molecule has 0 aliphatic carbocycles. The lowest BCUT2D eigenvalue weighted by molar-refractivity contribution is 1.17. The van der Waals surface area contributed by atoms with E-state index >= 15 is 0 Å². The van der Waals surface area contributed by atoms with E-state index in [9.17, 15) is 0 Å². The Morgan fingerprint density at radius 2 is 2.00 bits per heavy atom. The monoisotopic (exact) mass is 184 g/mol. The van der Waals surface area contributed by atoms with E-state index in [0.29, 0.717) is 0 Å². The summed E-state index contributed by atoms with van der Waals surface area (Å²) in [6.07, 6.45) is 7.04. The normalized spacial score (nSPS) is 13.8. The van der Waals surface area contributed by atoms with Crippen LogP contribution in [0.1, 0.15) is 0 Å². The van der Waals surface area contributed by atoms with Crippen molar-refractivity contribution >= 4 is 21.6 Å². The van der Waals surface area contributed by atoms with Crippen LogP contribution in [-0.4, -0.2) is 15.7 Å². The van der Waals surface area contributed by atoms with Crippen LogP contribution in [0.25, 0.3) is 0 Å². The lowest BCUT2D eigenvalue weighted by Crippen LogP contribution is -1.66. The van der Waals surface area contributed by atoms with Gasteiger partial charge in [0.25, 0.3) is 0 Å². The molecule has 58 valence electrons. The molecule has 11 heavy (non-hydrogen) atoms. The summed E-state index contributed by atoms with van der Waals surface area (Å²) < 4.78 is 0. The molecule has 0 unspecified atom stereocenters. The van der Waals surface area contributed by atoms with Crippen LogP contribution >= 0.6 is 21.6 Å². The highest BCUT2D eigenvalue weighted by atomic mass is 33.1. The predicted molar refractivity (Wildman–Crippen MR) is 51.2 cm³/mol. The SMILES string of the molecule is C1=CSSC1.c1cncnc1. The van der Waals surface area contributed by atoms with Crippen LogP contribution < -0.4 is 0 Å². The van der Waals surface area contributed by atoms with Crippen molar-refractivity contribution in [2.75, 3.05) is 5.75 Å². The third-order valence-electron chi connectivity index (χ3n) is 0.862. The molecule has 2 nitrogen and oxygen atoms in total. The lowest BCUT2D eigenvalue weighted by Gasteiger charge is -1.70. The Labute approximate surface area is 73.9 Å². The fraction of sp³-hybridized carbons (Fsp3) is 0.143. The van der Waals surface area contributed by atoms with Crippen LogP contribution in [0.4, 0.5) is 0 Å². The van der Waals surface area contributed by atoms with Crippen molar-refractivity contribution in [1.29, 1.82) is 0 Å². The molecule has 0 saturated heterocycles. The summed E-state index contributed by atoms with van der Waals surface area (Å²) in [6.45, 7) is 0. The molecule has 1 aromatic heterocycles. The van der Waals surface area contributed by atoms with E-state index in [-0.39, 0.29) is 0 Å². The van der Waals surface area contributed by atoms with Gasteiger partial charge in [0.05, 0.1) is 0 Å². The molecule has 1 aliphatic rings. The first kappa shape index (κ1) is 8.62. The van der Waals surface area contributed by atoms with Gasteiger partial charge in [-0.25, -0.2) is 9.97 Å². The van der Waals surface area contributed by atoms with Crippen molar-refractivity contribution in [3.8, 4) is 0 Å². The number of hydrogen-bond donors (Lipinski definition) is 0. The van der Waals surface area contributed by atoms with Crippen molar-refractivity contribution in [3.63, 3.8) is 0 Å². The molecule has 1 aromatic rings. The van der Waals surface area contributed by atoms with Crippen LogP contribution in [0.15, 0.2) is 36.3 Å². The molecule has 0 aromatic carbocycles. The molecule has 2 heterocycles. The molecular formula is C7H8N2S2. The van der Waals surface area contributed by atoms with Crippen LogP contribution in [0, 0.1) is 0 Å². The zero-order valence-corrected chi connectivity index (χ0v) is 7.52. The minimum absolute atomic E-state index is 1.20. The lowest BCUT2D eigenvalue weighted by atomic mass is 10.7. The molecule has 0 N–H and O–H groups in total. The van der Waals surface area contributed by atoms with E-state index in [1.165, 1.54) is 12.1 Å². The highest BCUT2D eigenvalue weighted by Crippen LogP contribution is 2.27. The first-order chi connectivity index (χ1) is 5.50. The average Bonchev–Trinajstić information content (AvgIpc) is 2.64. The zero-order chi connectivity index (χ0) is 7.78. The quantitative estimate of drug-likeness (QED) is 0.578. The van der Waals surface area contributed by atoms with Crippen LogP contribution in [-0.2, 0) is 0 Å². The number of rotatable bonds is 0. The van der Waals surface area contributed by atoms with Crippen molar-refractivity contribution in [3.05, 3.63) is 36.3 Å². The summed E-state index contributed by atoms with van der Waals surface area (Å²) in [6, 6.07) is 1.78. The Hall–Kier alpha value is -0.480. The van der Waals surface area contributed by atoms with E-state index in [0.717, 1.165) is 0 Å². The van der Waals surface area contributed by atoms with Gasteiger partial charge in [-0.3, -0.25) is 0 Å². The van der Waals surface area contributed by atoms with Gasteiger partial charge in [-0.15, -0.1) is 0 Å². The molecule has 0 bridgehead atoms. The third-order valence-corrected chi connectivity index (χ3v) is 2.78. The first-order valence-corrected chi connectivity index (χ1v) is 5.51. The van der Waals surface area contributed by atoms with E-state index in [1.54, 1.807) is 18.5 Å². The van der Waals surface area contributed by atoms with E-state index in [2.05, 4.69) is 21.5 Å². The Kier molecular flexibility index (Phi) is 4.89. The summed E-state index contributed by atoms with van der Waals surface area (Å²) in [7, 11) is 3.69. The molecule has 1 aliphatic heterocycles. The van der Waals surface area contributed by atoms with Crippen LogP contribution in [0.5, 0.6) is 0 Å². The first-order valence-electron chi connectivity index (χ1n) is 3.13. The maximum absolute atomic E-state index is 3.67. The van der Waals surface area contributed by atoms with E-state index < -0.39 is 0 Å². The molecule has 0 radical (unpaired) electrons. The van der Waals surface area contributed by atoms with Crippen LogP contribution in [0.3, 0.4) is 0 Å².